The first-order valence-corrected chi connectivity index (χ1v) is 11.5. The molecule has 0 bridgehead atoms. The molecule has 3 aromatic rings. The molecule has 1 aliphatic rings. The zero-order chi connectivity index (χ0) is 21.0. The molecule has 1 saturated carbocycles. The van der Waals surface area contributed by atoms with Crippen LogP contribution in [-0.4, -0.2) is 46.8 Å². The van der Waals surface area contributed by atoms with Crippen LogP contribution in [0.25, 0.3) is 21.8 Å². The minimum absolute atomic E-state index is 0.0416. The molecular formula is C21H24F2N2O3S. The maximum Gasteiger partial charge on any atom is 0.211 e. The second-order valence-corrected chi connectivity index (χ2v) is 10.2. The molecule has 1 aliphatic carbocycles. The summed E-state index contributed by atoms with van der Waals surface area (Å²) in [6.45, 7) is 1.64. The number of fused-ring (bicyclic) bond motifs is 3. The number of nitrogens with zero attached hydrogens (tertiary/aromatic N) is 2. The first-order valence-electron chi connectivity index (χ1n) is 9.61. The average molecular weight is 422 g/mol. The Hall–Kier alpha value is -2.03. The van der Waals surface area contributed by atoms with E-state index in [4.69, 9.17) is 0 Å². The summed E-state index contributed by atoms with van der Waals surface area (Å²) in [5.41, 5.74) is -0.0657. The third-order valence-electron chi connectivity index (χ3n) is 5.69. The van der Waals surface area contributed by atoms with Crippen LogP contribution >= 0.6 is 0 Å². The molecule has 0 aliphatic heterocycles. The summed E-state index contributed by atoms with van der Waals surface area (Å²) in [5, 5.41) is 12.2. The highest BCUT2D eigenvalue weighted by atomic mass is 32.2. The normalized spacial score (nSPS) is 17.7. The molecule has 29 heavy (non-hydrogen) atoms. The summed E-state index contributed by atoms with van der Waals surface area (Å²) < 4.78 is 55.4. The Kier molecular flexibility index (Phi) is 4.91. The number of halogens is 2. The van der Waals surface area contributed by atoms with Gasteiger partial charge in [0.25, 0.3) is 0 Å². The molecule has 1 unspecified atom stereocenters. The van der Waals surface area contributed by atoms with Gasteiger partial charge in [0.05, 0.1) is 18.4 Å². The summed E-state index contributed by atoms with van der Waals surface area (Å²) in [7, 11) is -3.47. The number of hydrogen-bond acceptors (Lipinski definition) is 3. The fourth-order valence-electron chi connectivity index (χ4n) is 4.14. The predicted octanol–water partition coefficient (Wildman–Crippen LogP) is 3.64. The average Bonchev–Trinajstić information content (AvgIpc) is 2.84. The van der Waals surface area contributed by atoms with E-state index < -0.39 is 27.3 Å². The lowest BCUT2D eigenvalue weighted by Crippen LogP contribution is -2.52. The van der Waals surface area contributed by atoms with Crippen molar-refractivity contribution < 1.29 is 22.3 Å². The second kappa shape index (κ2) is 7.04. The minimum Gasteiger partial charge on any atom is -0.387 e. The lowest BCUT2D eigenvalue weighted by Gasteiger charge is -2.39. The monoisotopic (exact) mass is 422 g/mol. The van der Waals surface area contributed by atoms with Crippen LogP contribution in [0.4, 0.5) is 8.78 Å². The van der Waals surface area contributed by atoms with E-state index in [1.165, 1.54) is 28.6 Å². The van der Waals surface area contributed by atoms with Crippen LogP contribution in [0.3, 0.4) is 0 Å². The van der Waals surface area contributed by atoms with Gasteiger partial charge < -0.3 is 9.67 Å². The Labute approximate surface area is 168 Å². The topological polar surface area (TPSA) is 62.5 Å². The van der Waals surface area contributed by atoms with Crippen molar-refractivity contribution in [3.63, 3.8) is 0 Å². The SMILES string of the molecule is CC(O)(CN(C1CCC1)S(C)(=O)=O)Cn1c2ccc(F)cc2c2cc(F)ccc21. The molecule has 0 radical (unpaired) electrons. The van der Waals surface area contributed by atoms with E-state index in [0.717, 1.165) is 25.5 Å². The highest BCUT2D eigenvalue weighted by Crippen LogP contribution is 2.33. The molecule has 2 aromatic carbocycles. The van der Waals surface area contributed by atoms with Crippen molar-refractivity contribution in [2.45, 2.75) is 44.4 Å². The standard InChI is InChI=1S/C21H24F2N2O3S/c1-21(26,13-25(29(2,27)28)16-4-3-5-16)12-24-19-8-6-14(22)10-17(19)18-11-15(23)7-9-20(18)24/h6-11,16,26H,3-5,12-13H2,1-2H3. The Balaban J connectivity index is 1.76. The summed E-state index contributed by atoms with van der Waals surface area (Å²) in [6, 6.07) is 8.44. The molecule has 1 fully saturated rings. The van der Waals surface area contributed by atoms with Crippen molar-refractivity contribution in [1.82, 2.24) is 8.87 Å². The molecule has 8 heteroatoms. The molecule has 0 saturated heterocycles. The summed E-state index contributed by atoms with van der Waals surface area (Å²) in [5.74, 6) is -0.860. The first-order chi connectivity index (χ1) is 13.5. The number of sulfonamides is 1. The fourth-order valence-corrected chi connectivity index (χ4v) is 5.40. The zero-order valence-corrected chi connectivity index (χ0v) is 17.2. The Morgan fingerprint density at radius 3 is 2.03 bits per heavy atom. The third-order valence-corrected chi connectivity index (χ3v) is 6.97. The van der Waals surface area contributed by atoms with Crippen molar-refractivity contribution in [3.05, 3.63) is 48.0 Å². The van der Waals surface area contributed by atoms with Crippen molar-refractivity contribution in [2.24, 2.45) is 0 Å². The van der Waals surface area contributed by atoms with Crippen LogP contribution in [0.15, 0.2) is 36.4 Å². The summed E-state index contributed by atoms with van der Waals surface area (Å²) in [6.07, 6.45) is 3.71. The number of aliphatic hydroxyl groups is 1. The van der Waals surface area contributed by atoms with Gasteiger partial charge in [0.2, 0.25) is 10.0 Å². The second-order valence-electron chi connectivity index (χ2n) is 8.30. The van der Waals surface area contributed by atoms with Gasteiger partial charge in [-0.05, 0) is 56.2 Å². The van der Waals surface area contributed by atoms with Gasteiger partial charge in [0.1, 0.15) is 11.6 Å². The number of hydrogen-bond donors (Lipinski definition) is 1. The van der Waals surface area contributed by atoms with E-state index >= 15 is 0 Å². The lowest BCUT2D eigenvalue weighted by molar-refractivity contribution is 0.0118. The van der Waals surface area contributed by atoms with Crippen molar-refractivity contribution in [1.29, 1.82) is 0 Å². The van der Waals surface area contributed by atoms with E-state index in [1.54, 1.807) is 23.6 Å². The highest BCUT2D eigenvalue weighted by molar-refractivity contribution is 7.88. The van der Waals surface area contributed by atoms with Gasteiger partial charge in [-0.1, -0.05) is 6.42 Å². The largest absolute Gasteiger partial charge is 0.387 e. The van der Waals surface area contributed by atoms with Crippen LogP contribution in [0.1, 0.15) is 26.2 Å². The summed E-state index contributed by atoms with van der Waals surface area (Å²) in [4.78, 5) is 0. The fraction of sp³-hybridized carbons (Fsp3) is 0.429. The van der Waals surface area contributed by atoms with E-state index in [2.05, 4.69) is 0 Å². The maximum atomic E-state index is 13.8. The van der Waals surface area contributed by atoms with Crippen molar-refractivity contribution in [3.8, 4) is 0 Å². The lowest BCUT2D eigenvalue weighted by atomic mass is 9.92. The van der Waals surface area contributed by atoms with Gasteiger partial charge in [0, 0.05) is 34.4 Å². The Morgan fingerprint density at radius 1 is 1.10 bits per heavy atom. The van der Waals surface area contributed by atoms with Gasteiger partial charge in [-0.2, -0.15) is 4.31 Å². The van der Waals surface area contributed by atoms with Gasteiger partial charge in [-0.3, -0.25) is 0 Å². The molecule has 156 valence electrons. The molecule has 1 heterocycles. The quantitative estimate of drug-likeness (QED) is 0.660. The maximum absolute atomic E-state index is 13.8. The molecule has 0 spiro atoms. The van der Waals surface area contributed by atoms with Crippen LogP contribution in [0, 0.1) is 11.6 Å². The number of rotatable bonds is 6. The Morgan fingerprint density at radius 2 is 1.62 bits per heavy atom. The van der Waals surface area contributed by atoms with E-state index in [0.29, 0.717) is 21.8 Å². The van der Waals surface area contributed by atoms with Crippen LogP contribution in [0.2, 0.25) is 0 Å². The van der Waals surface area contributed by atoms with Gasteiger partial charge >= 0.3 is 0 Å². The first kappa shape index (κ1) is 20.3. The Bertz CT molecular complexity index is 1120. The van der Waals surface area contributed by atoms with E-state index in [1.807, 2.05) is 0 Å². The van der Waals surface area contributed by atoms with Crippen molar-refractivity contribution >= 4 is 31.8 Å². The van der Waals surface area contributed by atoms with Crippen LogP contribution in [-0.2, 0) is 16.6 Å². The van der Waals surface area contributed by atoms with Crippen LogP contribution < -0.4 is 0 Å². The molecule has 5 nitrogen and oxygen atoms in total. The van der Waals surface area contributed by atoms with Gasteiger partial charge in [-0.25, -0.2) is 17.2 Å². The van der Waals surface area contributed by atoms with Gasteiger partial charge in [-0.15, -0.1) is 0 Å². The molecule has 1 atom stereocenters. The minimum atomic E-state index is -3.47. The van der Waals surface area contributed by atoms with Gasteiger partial charge in [0.15, 0.2) is 0 Å². The highest BCUT2D eigenvalue weighted by Gasteiger charge is 2.37. The molecule has 1 N–H and O–H groups in total. The number of aromatic nitrogens is 1. The number of benzene rings is 2. The molecular weight excluding hydrogens is 398 g/mol. The van der Waals surface area contributed by atoms with Crippen LogP contribution in [0.5, 0.6) is 0 Å². The molecule has 1 aromatic heterocycles. The third kappa shape index (κ3) is 3.89. The van der Waals surface area contributed by atoms with Crippen molar-refractivity contribution in [2.75, 3.05) is 12.8 Å². The molecule has 0 amide bonds. The smallest absolute Gasteiger partial charge is 0.211 e. The summed E-state index contributed by atoms with van der Waals surface area (Å²) >= 11 is 0. The van der Waals surface area contributed by atoms with E-state index in [-0.39, 0.29) is 19.1 Å². The van der Waals surface area contributed by atoms with E-state index in [9.17, 15) is 22.3 Å². The predicted molar refractivity (Wildman–Crippen MR) is 109 cm³/mol. The zero-order valence-electron chi connectivity index (χ0n) is 16.4. The molecule has 4 rings (SSSR count).